The van der Waals surface area contributed by atoms with Gasteiger partial charge in [-0.25, -0.2) is 19.7 Å². The van der Waals surface area contributed by atoms with Crippen LogP contribution in [0.1, 0.15) is 35.9 Å². The summed E-state index contributed by atoms with van der Waals surface area (Å²) >= 11 is 0. The molecule has 1 saturated heterocycles. The summed E-state index contributed by atoms with van der Waals surface area (Å²) in [5.74, 6) is 1.44. The molecular weight excluding hydrogens is 408 g/mol. The van der Waals surface area contributed by atoms with Crippen LogP contribution in [-0.2, 0) is 7.05 Å². The van der Waals surface area contributed by atoms with Gasteiger partial charge >= 0.3 is 5.69 Å². The number of nitrogens with zero attached hydrogens (tertiary/aromatic N) is 6. The number of carbonyl (C=O) groups excluding carboxylic acids is 1. The first-order valence-electron chi connectivity index (χ1n) is 11.0. The molecule has 0 bridgehead atoms. The zero-order valence-electron chi connectivity index (χ0n) is 17.8. The van der Waals surface area contributed by atoms with E-state index in [2.05, 4.69) is 30.2 Å². The fourth-order valence-corrected chi connectivity index (χ4v) is 4.64. The van der Waals surface area contributed by atoms with Crippen LogP contribution in [0.25, 0.3) is 22.2 Å². The minimum absolute atomic E-state index is 0.0219. The second kappa shape index (κ2) is 7.18. The summed E-state index contributed by atoms with van der Waals surface area (Å²) in [5.41, 5.74) is 2.88. The second-order valence-electron chi connectivity index (χ2n) is 8.72. The Balaban J connectivity index is 1.31. The van der Waals surface area contributed by atoms with Crippen LogP contribution in [0.2, 0.25) is 0 Å². The van der Waals surface area contributed by atoms with Crippen LogP contribution in [0.5, 0.6) is 0 Å². The number of benzene rings is 1. The zero-order chi connectivity index (χ0) is 21.8. The Morgan fingerprint density at radius 2 is 2.06 bits per heavy atom. The number of nitrogens with one attached hydrogen (secondary N) is 2. The van der Waals surface area contributed by atoms with E-state index in [1.807, 2.05) is 28.8 Å². The molecule has 1 amide bonds. The minimum atomic E-state index is -0.187. The van der Waals surface area contributed by atoms with Gasteiger partial charge in [0.25, 0.3) is 5.91 Å². The Hall–Kier alpha value is -3.69. The van der Waals surface area contributed by atoms with Gasteiger partial charge in [0, 0.05) is 26.7 Å². The molecule has 10 nitrogen and oxygen atoms in total. The van der Waals surface area contributed by atoms with Crippen molar-refractivity contribution in [1.29, 1.82) is 0 Å². The van der Waals surface area contributed by atoms with Crippen molar-refractivity contribution in [3.8, 4) is 0 Å². The average molecular weight is 432 g/mol. The molecule has 1 aliphatic heterocycles. The lowest BCUT2D eigenvalue weighted by Gasteiger charge is -2.18. The number of aromatic nitrogens is 6. The molecule has 2 N–H and O–H groups in total. The van der Waals surface area contributed by atoms with Gasteiger partial charge in [0.05, 0.1) is 17.1 Å². The van der Waals surface area contributed by atoms with E-state index >= 15 is 0 Å². The molecule has 0 radical (unpaired) electrons. The fourth-order valence-electron chi connectivity index (χ4n) is 4.64. The van der Waals surface area contributed by atoms with Crippen molar-refractivity contribution >= 4 is 33.9 Å². The lowest BCUT2D eigenvalue weighted by atomic mass is 10.2. The number of aromatic amines is 1. The Labute approximate surface area is 183 Å². The van der Waals surface area contributed by atoms with Crippen LogP contribution in [0.3, 0.4) is 0 Å². The topological polar surface area (TPSA) is 114 Å². The molecular formula is C22H24N8O2. The van der Waals surface area contributed by atoms with Crippen LogP contribution in [0.15, 0.2) is 35.4 Å². The van der Waals surface area contributed by atoms with E-state index < -0.39 is 0 Å². The number of fused-ring (bicyclic) bond motifs is 2. The number of amides is 1. The molecule has 1 saturated carbocycles. The van der Waals surface area contributed by atoms with Crippen LogP contribution < -0.4 is 15.9 Å². The minimum Gasteiger partial charge on any atom is -0.352 e. The van der Waals surface area contributed by atoms with Crippen molar-refractivity contribution in [3.05, 3.63) is 46.9 Å². The maximum Gasteiger partial charge on any atom is 0.326 e. The molecule has 0 spiro atoms. The van der Waals surface area contributed by atoms with E-state index in [9.17, 15) is 9.59 Å². The van der Waals surface area contributed by atoms with Crippen LogP contribution in [0, 0.1) is 5.92 Å². The number of imidazole rings is 2. The third-order valence-corrected chi connectivity index (χ3v) is 6.54. The van der Waals surface area contributed by atoms with Crippen molar-refractivity contribution < 1.29 is 4.79 Å². The molecule has 1 atom stereocenters. The standard InChI is InChI=1S/C22H24N8O2/c1-28-18-17(27-20(28)21(31)23-10-13-6-7-13)19(25-12-24-18)29-9-8-14(11-29)30-16-5-3-2-4-15(16)26-22(30)32/h2-5,12-14H,6-11H2,1H3,(H,23,31)(H,26,32). The summed E-state index contributed by atoms with van der Waals surface area (Å²) in [6.45, 7) is 2.06. The van der Waals surface area contributed by atoms with E-state index in [1.165, 1.54) is 19.2 Å². The number of aryl methyl sites for hydroxylation is 1. The van der Waals surface area contributed by atoms with E-state index in [-0.39, 0.29) is 17.6 Å². The summed E-state index contributed by atoms with van der Waals surface area (Å²) in [4.78, 5) is 43.8. The highest BCUT2D eigenvalue weighted by Crippen LogP contribution is 2.31. The van der Waals surface area contributed by atoms with E-state index in [4.69, 9.17) is 0 Å². The molecule has 10 heteroatoms. The van der Waals surface area contributed by atoms with Gasteiger partial charge in [0.2, 0.25) is 5.82 Å². The predicted molar refractivity (Wildman–Crippen MR) is 120 cm³/mol. The zero-order valence-corrected chi connectivity index (χ0v) is 17.8. The molecule has 1 aliphatic carbocycles. The molecule has 1 aromatic carbocycles. The average Bonchev–Trinajstić information content (AvgIpc) is 3.24. The molecule has 3 aromatic heterocycles. The Morgan fingerprint density at radius 1 is 1.22 bits per heavy atom. The van der Waals surface area contributed by atoms with Crippen molar-refractivity contribution in [1.82, 2.24) is 34.4 Å². The molecule has 2 aliphatic rings. The number of anilines is 1. The lowest BCUT2D eigenvalue weighted by molar-refractivity contribution is 0.0939. The van der Waals surface area contributed by atoms with E-state index in [0.29, 0.717) is 41.8 Å². The number of para-hydroxylation sites is 2. The SMILES string of the molecule is Cn1c(C(=O)NCC2CC2)nc2c(N3CCC(n4c(=O)[nH]c5ccccc54)C3)ncnc21. The molecule has 32 heavy (non-hydrogen) atoms. The molecule has 164 valence electrons. The number of hydrogen-bond acceptors (Lipinski definition) is 6. The maximum absolute atomic E-state index is 12.7. The van der Waals surface area contributed by atoms with Gasteiger partial charge in [-0.15, -0.1) is 0 Å². The van der Waals surface area contributed by atoms with Gasteiger partial charge in [-0.05, 0) is 37.3 Å². The molecule has 4 aromatic rings. The first-order valence-corrected chi connectivity index (χ1v) is 11.0. The van der Waals surface area contributed by atoms with Gasteiger partial charge in [-0.3, -0.25) is 9.36 Å². The normalized spacial score (nSPS) is 18.7. The molecule has 2 fully saturated rings. The third-order valence-electron chi connectivity index (χ3n) is 6.54. The summed E-state index contributed by atoms with van der Waals surface area (Å²) < 4.78 is 3.56. The molecule has 1 unspecified atom stereocenters. The highest BCUT2D eigenvalue weighted by atomic mass is 16.2. The number of carbonyl (C=O) groups is 1. The summed E-state index contributed by atoms with van der Waals surface area (Å²) in [5, 5.41) is 2.97. The first kappa shape index (κ1) is 19.0. The summed E-state index contributed by atoms with van der Waals surface area (Å²) in [6, 6.07) is 7.76. The highest BCUT2D eigenvalue weighted by Gasteiger charge is 2.30. The summed E-state index contributed by atoms with van der Waals surface area (Å²) in [7, 11) is 1.80. The Kier molecular flexibility index (Phi) is 4.27. The van der Waals surface area contributed by atoms with Gasteiger partial charge in [-0.2, -0.15) is 0 Å². The van der Waals surface area contributed by atoms with Gasteiger partial charge < -0.3 is 19.8 Å². The van der Waals surface area contributed by atoms with Gasteiger partial charge in [0.1, 0.15) is 6.33 Å². The largest absolute Gasteiger partial charge is 0.352 e. The Morgan fingerprint density at radius 3 is 2.91 bits per heavy atom. The lowest BCUT2D eigenvalue weighted by Crippen LogP contribution is -2.28. The van der Waals surface area contributed by atoms with Crippen molar-refractivity contribution in [2.24, 2.45) is 13.0 Å². The maximum atomic E-state index is 12.7. The molecule has 6 rings (SSSR count). The third kappa shape index (κ3) is 3.05. The molecule has 4 heterocycles. The van der Waals surface area contributed by atoms with Crippen molar-refractivity contribution in [2.45, 2.75) is 25.3 Å². The monoisotopic (exact) mass is 432 g/mol. The number of hydrogen-bond donors (Lipinski definition) is 2. The fraction of sp³-hybridized carbons (Fsp3) is 0.409. The quantitative estimate of drug-likeness (QED) is 0.495. The van der Waals surface area contributed by atoms with Crippen LogP contribution >= 0.6 is 0 Å². The number of rotatable bonds is 5. The number of H-pyrrole nitrogens is 1. The van der Waals surface area contributed by atoms with Gasteiger partial charge in [0.15, 0.2) is 17.0 Å². The predicted octanol–water partition coefficient (Wildman–Crippen LogP) is 1.60. The van der Waals surface area contributed by atoms with Crippen LogP contribution in [0.4, 0.5) is 5.82 Å². The van der Waals surface area contributed by atoms with Crippen molar-refractivity contribution in [3.63, 3.8) is 0 Å². The highest BCUT2D eigenvalue weighted by molar-refractivity contribution is 5.96. The van der Waals surface area contributed by atoms with E-state index in [1.54, 1.807) is 11.6 Å². The summed E-state index contributed by atoms with van der Waals surface area (Å²) in [6.07, 6.45) is 4.67. The smallest absolute Gasteiger partial charge is 0.326 e. The Bertz CT molecular complexity index is 1400. The second-order valence-corrected chi connectivity index (χ2v) is 8.72. The van der Waals surface area contributed by atoms with Gasteiger partial charge in [-0.1, -0.05) is 12.1 Å². The van der Waals surface area contributed by atoms with E-state index in [0.717, 1.165) is 24.0 Å². The van der Waals surface area contributed by atoms with Crippen LogP contribution in [-0.4, -0.2) is 54.6 Å². The first-order chi connectivity index (χ1) is 15.6. The van der Waals surface area contributed by atoms with Crippen molar-refractivity contribution in [2.75, 3.05) is 24.5 Å².